The number of aliphatic imine (C=N–C) groups is 1. The van der Waals surface area contributed by atoms with E-state index in [1.54, 1.807) is 0 Å². The summed E-state index contributed by atoms with van der Waals surface area (Å²) in [6.45, 7) is 6.24. The van der Waals surface area contributed by atoms with Crippen LogP contribution in [0.2, 0.25) is 0 Å². The van der Waals surface area contributed by atoms with E-state index >= 15 is 0 Å². The summed E-state index contributed by atoms with van der Waals surface area (Å²) in [5, 5.41) is 7.43. The van der Waals surface area contributed by atoms with Crippen LogP contribution in [0.4, 0.5) is 0 Å². The van der Waals surface area contributed by atoms with E-state index in [1.807, 2.05) is 0 Å². The van der Waals surface area contributed by atoms with Crippen LogP contribution in [0, 0.1) is 17.3 Å². The average Bonchev–Trinajstić information content (AvgIpc) is 2.91. The van der Waals surface area contributed by atoms with Crippen molar-refractivity contribution < 1.29 is 4.74 Å². The van der Waals surface area contributed by atoms with Crippen LogP contribution in [-0.4, -0.2) is 37.3 Å². The van der Waals surface area contributed by atoms with Crippen molar-refractivity contribution in [3.63, 3.8) is 0 Å². The lowest BCUT2D eigenvalue weighted by atomic mass is 9.54. The van der Waals surface area contributed by atoms with Gasteiger partial charge in [-0.15, -0.1) is 0 Å². The second-order valence-electron chi connectivity index (χ2n) is 7.59. The number of nitrogens with zero attached hydrogens (tertiary/aromatic N) is 1. The Bertz CT molecular complexity index is 430. The van der Waals surface area contributed by atoms with Gasteiger partial charge in [0.25, 0.3) is 0 Å². The van der Waals surface area contributed by atoms with E-state index in [0.717, 1.165) is 25.0 Å². The maximum atomic E-state index is 6.07. The molecule has 1 saturated heterocycles. The van der Waals surface area contributed by atoms with Crippen molar-refractivity contribution in [2.45, 2.75) is 70.6 Å². The van der Waals surface area contributed by atoms with Crippen LogP contribution < -0.4 is 10.6 Å². The maximum Gasteiger partial charge on any atom is 0.191 e. The zero-order valence-electron chi connectivity index (χ0n) is 13.4. The van der Waals surface area contributed by atoms with E-state index in [0.29, 0.717) is 29.5 Å². The lowest BCUT2D eigenvalue weighted by molar-refractivity contribution is -0.125. The molecule has 0 radical (unpaired) electrons. The van der Waals surface area contributed by atoms with Gasteiger partial charge in [0.1, 0.15) is 0 Å². The minimum Gasteiger partial charge on any atom is -0.377 e. The van der Waals surface area contributed by atoms with Crippen molar-refractivity contribution in [1.82, 2.24) is 10.6 Å². The normalized spacial score (nSPS) is 43.5. The second kappa shape index (κ2) is 5.15. The van der Waals surface area contributed by atoms with Gasteiger partial charge < -0.3 is 15.4 Å². The van der Waals surface area contributed by atoms with E-state index in [4.69, 9.17) is 4.74 Å². The summed E-state index contributed by atoms with van der Waals surface area (Å²) in [6.07, 6.45) is 8.46. The van der Waals surface area contributed by atoms with Crippen LogP contribution in [-0.2, 0) is 4.74 Å². The average molecular weight is 291 g/mol. The number of rotatable bonds is 3. The number of guanidine groups is 1. The Morgan fingerprint density at radius 2 is 2.05 bits per heavy atom. The molecule has 4 rings (SSSR count). The van der Waals surface area contributed by atoms with E-state index in [2.05, 4.69) is 29.5 Å². The van der Waals surface area contributed by atoms with Crippen molar-refractivity contribution in [3.05, 3.63) is 0 Å². The lowest BCUT2D eigenvalue weighted by Crippen LogP contribution is -2.69. The van der Waals surface area contributed by atoms with Crippen LogP contribution in [0.5, 0.6) is 0 Å². The van der Waals surface area contributed by atoms with E-state index in [9.17, 15) is 0 Å². The first kappa shape index (κ1) is 13.9. The molecule has 5 unspecified atom stereocenters. The van der Waals surface area contributed by atoms with E-state index < -0.39 is 0 Å². The summed E-state index contributed by atoms with van der Waals surface area (Å²) in [5.74, 6) is 2.57. The Balaban J connectivity index is 1.47. The molecule has 0 bridgehead atoms. The molecule has 4 fully saturated rings. The van der Waals surface area contributed by atoms with Crippen LogP contribution in [0.15, 0.2) is 4.99 Å². The molecule has 3 aliphatic carbocycles. The van der Waals surface area contributed by atoms with Gasteiger partial charge >= 0.3 is 0 Å². The molecule has 2 N–H and O–H groups in total. The minimum atomic E-state index is 0.409. The van der Waals surface area contributed by atoms with Gasteiger partial charge in [0.2, 0.25) is 0 Å². The molecular formula is C17H29N3O. The van der Waals surface area contributed by atoms with Gasteiger partial charge in [-0.2, -0.15) is 0 Å². The molecule has 1 heterocycles. The Hall–Kier alpha value is -0.770. The molecular weight excluding hydrogens is 262 g/mol. The zero-order valence-corrected chi connectivity index (χ0v) is 13.4. The fourth-order valence-electron chi connectivity index (χ4n) is 5.04. The Morgan fingerprint density at radius 3 is 2.71 bits per heavy atom. The molecule has 0 aromatic heterocycles. The fraction of sp³-hybridized carbons (Fsp3) is 0.941. The number of hydrogen-bond donors (Lipinski definition) is 2. The third kappa shape index (κ3) is 2.18. The van der Waals surface area contributed by atoms with Crippen molar-refractivity contribution in [3.8, 4) is 0 Å². The summed E-state index contributed by atoms with van der Waals surface area (Å²) in [6, 6.07) is 1.22. The molecule has 0 amide bonds. The van der Waals surface area contributed by atoms with Crippen LogP contribution >= 0.6 is 0 Å². The number of ether oxygens (including phenoxy) is 1. The molecule has 0 aromatic carbocycles. The van der Waals surface area contributed by atoms with Gasteiger partial charge in [-0.1, -0.05) is 19.8 Å². The Labute approximate surface area is 128 Å². The molecule has 21 heavy (non-hydrogen) atoms. The van der Waals surface area contributed by atoms with Gasteiger partial charge in [-0.3, -0.25) is 4.99 Å². The van der Waals surface area contributed by atoms with Gasteiger partial charge in [0.15, 0.2) is 5.96 Å². The number of hydrogen-bond acceptors (Lipinski definition) is 2. The summed E-state index contributed by atoms with van der Waals surface area (Å²) in [7, 11) is 0. The van der Waals surface area contributed by atoms with Crippen molar-refractivity contribution >= 4 is 5.96 Å². The SMILES string of the molecule is CCN=C(NC1CC1C)NC1C2CCOC2C12CCCC2. The summed E-state index contributed by atoms with van der Waals surface area (Å²) in [4.78, 5) is 4.68. The first-order valence-electron chi connectivity index (χ1n) is 8.94. The van der Waals surface area contributed by atoms with Gasteiger partial charge in [0.05, 0.1) is 6.10 Å². The van der Waals surface area contributed by atoms with Gasteiger partial charge in [0, 0.05) is 36.6 Å². The monoisotopic (exact) mass is 291 g/mol. The Kier molecular flexibility index (Phi) is 3.40. The van der Waals surface area contributed by atoms with Crippen LogP contribution in [0.3, 0.4) is 0 Å². The highest BCUT2D eigenvalue weighted by molar-refractivity contribution is 5.81. The highest BCUT2D eigenvalue weighted by Gasteiger charge is 2.65. The lowest BCUT2D eigenvalue weighted by Gasteiger charge is -2.57. The zero-order chi connectivity index (χ0) is 14.4. The van der Waals surface area contributed by atoms with Crippen LogP contribution in [0.25, 0.3) is 0 Å². The summed E-state index contributed by atoms with van der Waals surface area (Å²) >= 11 is 0. The summed E-state index contributed by atoms with van der Waals surface area (Å²) in [5.41, 5.74) is 0.409. The van der Waals surface area contributed by atoms with Crippen LogP contribution in [0.1, 0.15) is 52.4 Å². The molecule has 3 saturated carbocycles. The van der Waals surface area contributed by atoms with Gasteiger partial charge in [-0.05, 0) is 38.5 Å². The quantitative estimate of drug-likeness (QED) is 0.619. The number of fused-ring (bicyclic) bond motifs is 2. The Morgan fingerprint density at radius 1 is 1.29 bits per heavy atom. The third-order valence-corrected chi connectivity index (χ3v) is 6.33. The smallest absolute Gasteiger partial charge is 0.191 e. The highest BCUT2D eigenvalue weighted by atomic mass is 16.5. The highest BCUT2D eigenvalue weighted by Crippen LogP contribution is 2.60. The van der Waals surface area contributed by atoms with Crippen molar-refractivity contribution in [1.29, 1.82) is 0 Å². The third-order valence-electron chi connectivity index (χ3n) is 6.33. The predicted molar refractivity (Wildman–Crippen MR) is 84.4 cm³/mol. The standard InChI is InChI=1S/C17H29N3O/c1-3-18-16(19-13-10-11(13)2)20-14-12-6-9-21-15(12)17(14)7-4-5-8-17/h11-15H,3-10H2,1-2H3,(H2,18,19,20). The van der Waals surface area contributed by atoms with E-state index in [1.165, 1.54) is 38.5 Å². The first-order chi connectivity index (χ1) is 10.2. The molecule has 118 valence electrons. The minimum absolute atomic E-state index is 0.409. The molecule has 0 aromatic rings. The van der Waals surface area contributed by atoms with Crippen molar-refractivity contribution in [2.24, 2.45) is 22.2 Å². The molecule has 4 heteroatoms. The first-order valence-corrected chi connectivity index (χ1v) is 8.94. The fourth-order valence-corrected chi connectivity index (χ4v) is 5.04. The topological polar surface area (TPSA) is 45.7 Å². The molecule has 4 aliphatic rings. The summed E-state index contributed by atoms with van der Waals surface area (Å²) < 4.78 is 6.07. The van der Waals surface area contributed by atoms with Crippen molar-refractivity contribution in [2.75, 3.05) is 13.2 Å². The van der Waals surface area contributed by atoms with E-state index in [-0.39, 0.29) is 0 Å². The molecule has 1 aliphatic heterocycles. The predicted octanol–water partition coefficient (Wildman–Crippen LogP) is 2.30. The second-order valence-corrected chi connectivity index (χ2v) is 7.59. The molecule has 4 nitrogen and oxygen atoms in total. The maximum absolute atomic E-state index is 6.07. The molecule has 1 spiro atoms. The largest absolute Gasteiger partial charge is 0.377 e. The molecule has 5 atom stereocenters. The van der Waals surface area contributed by atoms with Gasteiger partial charge in [-0.25, -0.2) is 0 Å². The number of nitrogens with one attached hydrogen (secondary N) is 2.